The van der Waals surface area contributed by atoms with E-state index in [0.717, 1.165) is 84.3 Å². The number of methoxy groups -OCH3 is 1. The predicted octanol–water partition coefficient (Wildman–Crippen LogP) is 5.28. The Labute approximate surface area is 283 Å². The van der Waals surface area contributed by atoms with E-state index in [4.69, 9.17) is 4.74 Å². The van der Waals surface area contributed by atoms with E-state index in [1.54, 1.807) is 7.11 Å². The summed E-state index contributed by atoms with van der Waals surface area (Å²) < 4.78 is 36.9. The van der Waals surface area contributed by atoms with Gasteiger partial charge in [-0.25, -0.2) is 13.1 Å². The fourth-order valence-corrected chi connectivity index (χ4v) is 11.6. The summed E-state index contributed by atoms with van der Waals surface area (Å²) in [7, 11) is 0.133. The van der Waals surface area contributed by atoms with Crippen LogP contribution in [-0.4, -0.2) is 79.2 Å². The standard InChI is InChI=1S/C38H46N4O5S/c1-40-19-23-14-15-24(20-40)42(23)38(44)28-13-7-12-27-33(28)31-18-29-32(47-2)17-16-26(22-8-4-3-5-9-22)36(29)41(31)21-30-34(27)35(30)37(43)39-48(45,46)25-10-6-11-25/h7,12,16-18,22-25,28,33H,3-6,8-11,13-15,19-21H2,1-2H3,(H,39,43)/t23?,24?,28-,33?/m1/s1. The smallest absolute Gasteiger partial charge is 0.265 e. The molecule has 1 aromatic heterocycles. The molecule has 1 N–H and O–H groups in total. The average molecular weight is 671 g/mol. The number of fused-ring (bicyclic) bond motifs is 8. The highest BCUT2D eigenvalue weighted by Crippen LogP contribution is 2.55. The Bertz CT molecular complexity index is 1910. The second kappa shape index (κ2) is 11.3. The molecule has 10 heteroatoms. The van der Waals surface area contributed by atoms with E-state index in [9.17, 15) is 18.0 Å². The van der Waals surface area contributed by atoms with Gasteiger partial charge in [0.2, 0.25) is 15.9 Å². The minimum Gasteiger partial charge on any atom is -0.496 e. The number of sulfonamides is 1. The second-order valence-electron chi connectivity index (χ2n) is 15.4. The quantitative estimate of drug-likeness (QED) is 0.449. The normalized spacial score (nSPS) is 28.9. The van der Waals surface area contributed by atoms with E-state index in [1.165, 1.54) is 24.8 Å². The lowest BCUT2D eigenvalue weighted by molar-refractivity contribution is -0.141. The number of carbonyl (C=O) groups excluding carboxylic acids is 2. The molecular formula is C38H46N4O5S. The molecule has 2 amide bonds. The third-order valence-electron chi connectivity index (χ3n) is 12.7. The lowest BCUT2D eigenvalue weighted by Crippen LogP contribution is -2.56. The van der Waals surface area contributed by atoms with Crippen LogP contribution in [0.3, 0.4) is 0 Å². The van der Waals surface area contributed by atoms with E-state index in [0.29, 0.717) is 37.3 Å². The van der Waals surface area contributed by atoms with Crippen LogP contribution in [0.25, 0.3) is 10.9 Å². The SMILES string of the molecule is COc1ccc(C2CCCCC2)c2c1cc1n2CC2=C(C(=O)NS(=O)(=O)C3CCC3)C2=C2C=CC[C@@H](C(=O)N3C4CCC3CN(C)C4)C21. The highest BCUT2D eigenvalue weighted by atomic mass is 32.2. The predicted molar refractivity (Wildman–Crippen MR) is 184 cm³/mol. The van der Waals surface area contributed by atoms with Gasteiger partial charge in [-0.2, -0.15) is 0 Å². The maximum absolute atomic E-state index is 14.8. The third-order valence-corrected chi connectivity index (χ3v) is 14.5. The lowest BCUT2D eigenvalue weighted by Gasteiger charge is -2.43. The van der Waals surface area contributed by atoms with Gasteiger partial charge in [0.15, 0.2) is 0 Å². The summed E-state index contributed by atoms with van der Waals surface area (Å²) in [5.41, 5.74) is 6.76. The molecule has 0 radical (unpaired) electrons. The molecule has 7 aliphatic rings. The van der Waals surface area contributed by atoms with Crippen LogP contribution in [0, 0.1) is 5.92 Å². The van der Waals surface area contributed by atoms with Crippen molar-refractivity contribution in [1.29, 1.82) is 0 Å². The molecule has 2 saturated carbocycles. The summed E-state index contributed by atoms with van der Waals surface area (Å²) in [6.45, 7) is 2.27. The van der Waals surface area contributed by atoms with Gasteiger partial charge in [0.05, 0.1) is 29.4 Å². The molecule has 3 aliphatic heterocycles. The van der Waals surface area contributed by atoms with Gasteiger partial charge in [-0.05, 0) is 92.3 Å². The summed E-state index contributed by atoms with van der Waals surface area (Å²) in [6, 6.07) is 7.04. The van der Waals surface area contributed by atoms with E-state index in [-0.39, 0.29) is 29.8 Å². The number of nitrogens with zero attached hydrogens (tertiary/aromatic N) is 3. The summed E-state index contributed by atoms with van der Waals surface area (Å²) >= 11 is 0. The molecular weight excluding hydrogens is 625 g/mol. The maximum atomic E-state index is 14.8. The van der Waals surface area contributed by atoms with E-state index in [2.05, 4.69) is 56.5 Å². The molecule has 2 bridgehead atoms. The summed E-state index contributed by atoms with van der Waals surface area (Å²) in [5.74, 6) is 0.383. The van der Waals surface area contributed by atoms with Crippen LogP contribution in [0.5, 0.6) is 5.75 Å². The topological polar surface area (TPSA) is 101 Å². The zero-order valence-corrected chi connectivity index (χ0v) is 28.9. The number of hydrogen-bond donors (Lipinski definition) is 1. The number of likely N-dealkylation sites (tertiary alicyclic amines) is 1. The van der Waals surface area contributed by atoms with Gasteiger partial charge in [0.25, 0.3) is 5.91 Å². The molecule has 4 aliphatic carbocycles. The Morgan fingerprint density at radius 1 is 0.958 bits per heavy atom. The van der Waals surface area contributed by atoms with Gasteiger partial charge in [0, 0.05) is 48.7 Å². The van der Waals surface area contributed by atoms with Crippen molar-refractivity contribution in [1.82, 2.24) is 19.1 Å². The van der Waals surface area contributed by atoms with Gasteiger partial charge in [-0.15, -0.1) is 0 Å². The fraction of sp³-hybridized carbons (Fsp3) is 0.579. The molecule has 48 heavy (non-hydrogen) atoms. The molecule has 0 spiro atoms. The van der Waals surface area contributed by atoms with Gasteiger partial charge in [0.1, 0.15) is 5.75 Å². The number of benzene rings is 1. The van der Waals surface area contributed by atoms with Gasteiger partial charge < -0.3 is 19.1 Å². The highest BCUT2D eigenvalue weighted by molar-refractivity contribution is 7.90. The molecule has 4 atom stereocenters. The molecule has 2 saturated heterocycles. The molecule has 9 nitrogen and oxygen atoms in total. The number of piperazine rings is 1. The zero-order chi connectivity index (χ0) is 32.9. The monoisotopic (exact) mass is 670 g/mol. The molecule has 9 rings (SSSR count). The Hall–Kier alpha value is -3.37. The first-order chi connectivity index (χ1) is 23.2. The maximum Gasteiger partial charge on any atom is 0.265 e. The average Bonchev–Trinajstić information content (AvgIpc) is 3.58. The number of rotatable bonds is 6. The first kappa shape index (κ1) is 30.7. The van der Waals surface area contributed by atoms with Crippen molar-refractivity contribution in [2.75, 3.05) is 27.2 Å². The van der Waals surface area contributed by atoms with E-state index >= 15 is 0 Å². The number of likely N-dealkylation sites (N-methyl/N-ethyl adjacent to an activating group) is 1. The molecule has 2 aromatic rings. The van der Waals surface area contributed by atoms with Crippen LogP contribution in [0.1, 0.15) is 93.7 Å². The first-order valence-electron chi connectivity index (χ1n) is 18.2. The molecule has 4 heterocycles. The van der Waals surface area contributed by atoms with Crippen LogP contribution in [0.2, 0.25) is 0 Å². The van der Waals surface area contributed by atoms with Crippen LogP contribution >= 0.6 is 0 Å². The van der Waals surface area contributed by atoms with Gasteiger partial charge in [-0.1, -0.05) is 43.9 Å². The molecule has 4 fully saturated rings. The molecule has 3 unspecified atom stereocenters. The van der Waals surface area contributed by atoms with Crippen molar-refractivity contribution in [2.45, 2.75) is 106 Å². The number of amides is 2. The van der Waals surface area contributed by atoms with E-state index < -0.39 is 21.2 Å². The summed E-state index contributed by atoms with van der Waals surface area (Å²) in [4.78, 5) is 33.2. The summed E-state index contributed by atoms with van der Waals surface area (Å²) in [6.07, 6.45) is 14.9. The largest absolute Gasteiger partial charge is 0.496 e. The van der Waals surface area contributed by atoms with Crippen LogP contribution in [-0.2, 0) is 26.2 Å². The van der Waals surface area contributed by atoms with Crippen molar-refractivity contribution in [3.8, 4) is 5.75 Å². The Morgan fingerprint density at radius 2 is 1.71 bits per heavy atom. The van der Waals surface area contributed by atoms with Crippen molar-refractivity contribution >= 4 is 32.7 Å². The minimum atomic E-state index is -3.73. The second-order valence-corrected chi connectivity index (χ2v) is 17.4. The van der Waals surface area contributed by atoms with Crippen LogP contribution < -0.4 is 9.46 Å². The zero-order valence-electron chi connectivity index (χ0n) is 28.0. The highest BCUT2D eigenvalue weighted by Gasteiger charge is 2.51. The number of ether oxygens (including phenoxy) is 1. The summed E-state index contributed by atoms with van der Waals surface area (Å²) in [5, 5.41) is 0.556. The fourth-order valence-electron chi connectivity index (χ4n) is 10.1. The minimum absolute atomic E-state index is 0.210. The number of nitrogens with one attached hydrogen (secondary N) is 1. The number of hydrogen-bond acceptors (Lipinski definition) is 6. The third kappa shape index (κ3) is 4.68. The van der Waals surface area contributed by atoms with Crippen molar-refractivity contribution in [2.24, 2.45) is 5.92 Å². The molecule has 1 aromatic carbocycles. The first-order valence-corrected chi connectivity index (χ1v) is 19.7. The Kier molecular flexibility index (Phi) is 7.24. The number of aromatic nitrogens is 1. The molecule has 254 valence electrons. The van der Waals surface area contributed by atoms with Crippen molar-refractivity contribution < 1.29 is 22.7 Å². The van der Waals surface area contributed by atoms with Gasteiger partial charge >= 0.3 is 0 Å². The Morgan fingerprint density at radius 3 is 2.40 bits per heavy atom. The lowest BCUT2D eigenvalue weighted by atomic mass is 9.75. The van der Waals surface area contributed by atoms with Crippen molar-refractivity contribution in [3.63, 3.8) is 0 Å². The Balaban J connectivity index is 1.20. The van der Waals surface area contributed by atoms with E-state index in [1.807, 2.05) is 0 Å². The number of carbonyl (C=O) groups is 2. The van der Waals surface area contributed by atoms with Crippen molar-refractivity contribution in [3.05, 3.63) is 63.9 Å². The number of allylic oxidation sites excluding steroid dienone is 4. The van der Waals surface area contributed by atoms with Gasteiger partial charge in [-0.3, -0.25) is 9.59 Å². The van der Waals surface area contributed by atoms with Crippen LogP contribution in [0.15, 0.2) is 52.6 Å². The van der Waals surface area contributed by atoms with Crippen LogP contribution in [0.4, 0.5) is 0 Å².